The molecule has 0 N–H and O–H groups in total. The second kappa shape index (κ2) is 11.4. The average molecular weight is 536 g/mol. The zero-order valence-corrected chi connectivity index (χ0v) is 23.1. The molecule has 5 rings (SSSR count). The fourth-order valence-electron chi connectivity index (χ4n) is 6.73. The Kier molecular flexibility index (Phi) is 7.93. The molecule has 3 aliphatic rings. The molecule has 2 aromatic rings. The molecule has 0 amide bonds. The van der Waals surface area contributed by atoms with Crippen LogP contribution in [0.25, 0.3) is 11.1 Å². The minimum atomic E-state index is -0.795. The number of benzene rings is 2. The molecular formula is C31H37NO7. The summed E-state index contributed by atoms with van der Waals surface area (Å²) in [5.74, 6) is 0.653. The fourth-order valence-corrected chi connectivity index (χ4v) is 6.73. The molecule has 2 aromatic carbocycles. The zero-order valence-electron chi connectivity index (χ0n) is 23.1. The van der Waals surface area contributed by atoms with Crippen LogP contribution in [0.3, 0.4) is 0 Å². The van der Waals surface area contributed by atoms with Crippen molar-refractivity contribution < 1.29 is 33.3 Å². The third kappa shape index (κ3) is 5.53. The van der Waals surface area contributed by atoms with Crippen molar-refractivity contribution in [3.8, 4) is 22.6 Å². The summed E-state index contributed by atoms with van der Waals surface area (Å²) in [5.41, 5.74) is 3.93. The summed E-state index contributed by atoms with van der Waals surface area (Å²) in [4.78, 5) is 40.0. The predicted molar refractivity (Wildman–Crippen MR) is 145 cm³/mol. The molecule has 3 heterocycles. The summed E-state index contributed by atoms with van der Waals surface area (Å²) >= 11 is 0. The highest BCUT2D eigenvalue weighted by Gasteiger charge is 2.48. The topological polar surface area (TPSA) is 91.4 Å². The summed E-state index contributed by atoms with van der Waals surface area (Å²) in [6.45, 7) is 2.80. The van der Waals surface area contributed by atoms with Gasteiger partial charge in [0.25, 0.3) is 0 Å². The molecule has 208 valence electrons. The van der Waals surface area contributed by atoms with Gasteiger partial charge in [0, 0.05) is 43.5 Å². The Morgan fingerprint density at radius 2 is 1.51 bits per heavy atom. The van der Waals surface area contributed by atoms with Gasteiger partial charge in [0.1, 0.15) is 17.6 Å². The van der Waals surface area contributed by atoms with Crippen molar-refractivity contribution in [3.05, 3.63) is 47.5 Å². The van der Waals surface area contributed by atoms with E-state index in [2.05, 4.69) is 17.0 Å². The number of ketones is 1. The Hall–Kier alpha value is -3.39. The number of hydrogen-bond acceptors (Lipinski definition) is 8. The smallest absolute Gasteiger partial charge is 0.303 e. The molecule has 39 heavy (non-hydrogen) atoms. The van der Waals surface area contributed by atoms with E-state index in [4.69, 9.17) is 18.9 Å². The summed E-state index contributed by atoms with van der Waals surface area (Å²) in [6, 6.07) is 11.8. The molecule has 2 fully saturated rings. The van der Waals surface area contributed by atoms with Gasteiger partial charge in [-0.1, -0.05) is 12.1 Å². The molecule has 3 aliphatic heterocycles. The lowest BCUT2D eigenvalue weighted by molar-refractivity contribution is -0.165. The van der Waals surface area contributed by atoms with Crippen molar-refractivity contribution in [2.45, 2.75) is 89.1 Å². The van der Waals surface area contributed by atoms with Crippen LogP contribution in [0.4, 0.5) is 0 Å². The van der Waals surface area contributed by atoms with Crippen LogP contribution >= 0.6 is 0 Å². The first-order chi connectivity index (χ1) is 18.8. The lowest BCUT2D eigenvalue weighted by Gasteiger charge is -2.51. The molecule has 0 unspecified atom stereocenters. The van der Waals surface area contributed by atoms with E-state index >= 15 is 0 Å². The van der Waals surface area contributed by atoms with Gasteiger partial charge >= 0.3 is 11.9 Å². The number of rotatable bonds is 4. The number of fused-ring (bicyclic) bond motifs is 6. The monoisotopic (exact) mass is 535 g/mol. The lowest BCUT2D eigenvalue weighted by Crippen LogP contribution is -2.60. The predicted octanol–water partition coefficient (Wildman–Crippen LogP) is 4.81. The minimum absolute atomic E-state index is 0.0402. The van der Waals surface area contributed by atoms with Crippen LogP contribution in [0.2, 0.25) is 0 Å². The Morgan fingerprint density at radius 3 is 2.21 bits per heavy atom. The number of carbonyl (C=O) groups is 3. The van der Waals surface area contributed by atoms with Crippen LogP contribution in [-0.2, 0) is 30.3 Å². The highest BCUT2D eigenvalue weighted by atomic mass is 16.5. The third-order valence-corrected chi connectivity index (χ3v) is 8.33. The Bertz CT molecular complexity index is 1260. The van der Waals surface area contributed by atoms with E-state index in [-0.39, 0.29) is 36.0 Å². The number of ether oxygens (including phenoxy) is 4. The molecular weight excluding hydrogens is 498 g/mol. The molecule has 0 radical (unpaired) electrons. The van der Waals surface area contributed by atoms with Crippen molar-refractivity contribution in [3.63, 3.8) is 0 Å². The maximum atomic E-state index is 13.6. The van der Waals surface area contributed by atoms with E-state index in [1.165, 1.54) is 13.8 Å². The lowest BCUT2D eigenvalue weighted by atomic mass is 9.79. The molecule has 2 saturated heterocycles. The van der Waals surface area contributed by atoms with Gasteiger partial charge in [-0.25, -0.2) is 0 Å². The van der Waals surface area contributed by atoms with Crippen LogP contribution in [0.15, 0.2) is 36.4 Å². The summed E-state index contributed by atoms with van der Waals surface area (Å²) in [7, 11) is 3.30. The molecule has 0 saturated carbocycles. The van der Waals surface area contributed by atoms with Gasteiger partial charge < -0.3 is 18.9 Å². The average Bonchev–Trinajstić information content (AvgIpc) is 2.92. The maximum absolute atomic E-state index is 13.6. The Labute approximate surface area is 229 Å². The standard InChI is InChI=1S/C31H37NO7/c1-18(33)38-23-11-8-20-9-12-28(36-3)24(14-20)25-15-21(10-13-29(25)37-4)27-17-30(39-19(2)34)31(35)26-7-5-6-22(16-23)32(26)27/h9-10,12-15,22-23,26-27,30H,5-8,11,16-17H2,1-4H3/t22-,23+,26-,27+,30+/m0/s1. The highest BCUT2D eigenvalue weighted by Crippen LogP contribution is 2.46. The highest BCUT2D eigenvalue weighted by molar-refractivity contribution is 5.91. The van der Waals surface area contributed by atoms with Gasteiger partial charge in [-0.3, -0.25) is 19.3 Å². The number of aryl methyl sites for hydroxylation is 1. The van der Waals surface area contributed by atoms with E-state index in [1.54, 1.807) is 14.2 Å². The van der Waals surface area contributed by atoms with Crippen LogP contribution < -0.4 is 9.47 Å². The maximum Gasteiger partial charge on any atom is 0.303 e. The number of piperidine rings is 2. The van der Waals surface area contributed by atoms with E-state index < -0.39 is 12.1 Å². The van der Waals surface area contributed by atoms with E-state index in [1.807, 2.05) is 24.3 Å². The third-order valence-electron chi connectivity index (χ3n) is 8.33. The van der Waals surface area contributed by atoms with Crippen LogP contribution in [0.5, 0.6) is 11.5 Å². The number of Topliss-reactive ketones (excluding diaryl/α,β-unsaturated/α-hetero) is 1. The minimum Gasteiger partial charge on any atom is -0.496 e. The first-order valence-corrected chi connectivity index (χ1v) is 13.8. The Balaban J connectivity index is 1.69. The van der Waals surface area contributed by atoms with Crippen molar-refractivity contribution in [2.75, 3.05) is 14.2 Å². The van der Waals surface area contributed by atoms with E-state index in [0.29, 0.717) is 25.7 Å². The molecule has 8 heteroatoms. The van der Waals surface area contributed by atoms with Gasteiger partial charge in [-0.2, -0.15) is 0 Å². The van der Waals surface area contributed by atoms with Crippen molar-refractivity contribution in [1.29, 1.82) is 0 Å². The first kappa shape index (κ1) is 27.2. The second-order valence-corrected chi connectivity index (χ2v) is 10.8. The molecule has 5 atom stereocenters. The van der Waals surface area contributed by atoms with Crippen molar-refractivity contribution in [1.82, 2.24) is 4.90 Å². The zero-order chi connectivity index (χ0) is 27.7. The normalized spacial score (nSPS) is 26.7. The van der Waals surface area contributed by atoms with Gasteiger partial charge in [-0.05, 0) is 73.9 Å². The van der Waals surface area contributed by atoms with Crippen LogP contribution in [0, 0.1) is 0 Å². The van der Waals surface area contributed by atoms with Gasteiger partial charge in [0.2, 0.25) is 0 Å². The Morgan fingerprint density at radius 1 is 0.821 bits per heavy atom. The van der Waals surface area contributed by atoms with Gasteiger partial charge in [-0.15, -0.1) is 0 Å². The van der Waals surface area contributed by atoms with E-state index in [9.17, 15) is 14.4 Å². The molecule has 0 spiro atoms. The number of methoxy groups -OCH3 is 2. The number of esters is 2. The SMILES string of the molecule is COc1ccc2cc1-c1cc(ccc1OC)[C@H]1C[C@@H](OC(C)=O)C(=O)[C@@H]3CCC[C@@H](C[C@H](OC(C)=O)CC2)N13. The second-order valence-electron chi connectivity index (χ2n) is 10.8. The van der Waals surface area contributed by atoms with Crippen molar-refractivity contribution >= 4 is 17.7 Å². The largest absolute Gasteiger partial charge is 0.496 e. The molecule has 4 bridgehead atoms. The summed E-state index contributed by atoms with van der Waals surface area (Å²) < 4.78 is 22.9. The van der Waals surface area contributed by atoms with E-state index in [0.717, 1.165) is 53.0 Å². The van der Waals surface area contributed by atoms with Gasteiger partial charge in [0.15, 0.2) is 11.9 Å². The van der Waals surface area contributed by atoms with Gasteiger partial charge in [0.05, 0.1) is 20.3 Å². The first-order valence-electron chi connectivity index (χ1n) is 13.8. The molecule has 8 nitrogen and oxygen atoms in total. The quantitative estimate of drug-likeness (QED) is 0.516. The number of hydrogen-bond donors (Lipinski definition) is 0. The van der Waals surface area contributed by atoms with Crippen LogP contribution in [-0.4, -0.2) is 61.1 Å². The number of nitrogens with zero attached hydrogens (tertiary/aromatic N) is 1. The van der Waals surface area contributed by atoms with Crippen molar-refractivity contribution in [2.24, 2.45) is 0 Å². The summed E-state index contributed by atoms with van der Waals surface area (Å²) in [6.07, 6.45) is 3.83. The van der Waals surface area contributed by atoms with Crippen LogP contribution in [0.1, 0.15) is 69.5 Å². The molecule has 0 aliphatic carbocycles. The molecule has 0 aromatic heterocycles. The fraction of sp³-hybridized carbons (Fsp3) is 0.516. The number of carbonyl (C=O) groups excluding carboxylic acids is 3. The summed E-state index contributed by atoms with van der Waals surface area (Å²) in [5, 5.41) is 0.